The van der Waals surface area contributed by atoms with Crippen LogP contribution in [0.5, 0.6) is 0 Å². The summed E-state index contributed by atoms with van der Waals surface area (Å²) in [5.41, 5.74) is -0.678. The molecular weight excluding hydrogens is 466 g/mol. The molecule has 2 N–H and O–H groups in total. The molecule has 0 spiro atoms. The number of carbonyl (C=O) groups excluding carboxylic acids is 2. The van der Waals surface area contributed by atoms with E-state index in [0.717, 1.165) is 16.4 Å². The van der Waals surface area contributed by atoms with Gasteiger partial charge >= 0.3 is 5.97 Å². The molecule has 0 bridgehead atoms. The first-order valence-electron chi connectivity index (χ1n) is 12.5. The standard InChI is InChI=1S/C27H41NO6S/c1-15-9-8-10-27(7)22(34-27)12-20(16(2)11-19-14-35-18(4)28-19)33-23(30)13-21(29)26(5,6)25(32)17(3)24(15)31/h8-9,11,15,17,19-22,24,29,31H,10,12-14H2,1-7H3/t15-,17+,19?,20-,21-,22?,24-,27?/m0/s1. The molecule has 7 nitrogen and oxygen atoms in total. The molecule has 3 unspecified atom stereocenters. The summed E-state index contributed by atoms with van der Waals surface area (Å²) in [6.45, 7) is 12.7. The summed E-state index contributed by atoms with van der Waals surface area (Å²) in [4.78, 5) is 30.7. The van der Waals surface area contributed by atoms with Gasteiger partial charge in [-0.2, -0.15) is 0 Å². The summed E-state index contributed by atoms with van der Waals surface area (Å²) in [5, 5.41) is 22.7. The van der Waals surface area contributed by atoms with E-state index < -0.39 is 35.6 Å². The molecule has 0 radical (unpaired) electrons. The number of ketones is 1. The fourth-order valence-electron chi connectivity index (χ4n) is 4.91. The minimum absolute atomic E-state index is 0.0463. The third-order valence-corrected chi connectivity index (χ3v) is 8.80. The van der Waals surface area contributed by atoms with Gasteiger partial charge in [-0.1, -0.05) is 45.9 Å². The molecule has 196 valence electrons. The van der Waals surface area contributed by atoms with Crippen molar-refractivity contribution < 1.29 is 29.3 Å². The molecule has 1 saturated heterocycles. The van der Waals surface area contributed by atoms with E-state index in [1.807, 2.05) is 45.9 Å². The summed E-state index contributed by atoms with van der Waals surface area (Å²) in [7, 11) is 0. The Morgan fingerprint density at radius 1 is 1.23 bits per heavy atom. The molecule has 3 rings (SSSR count). The van der Waals surface area contributed by atoms with Crippen LogP contribution in [0.4, 0.5) is 0 Å². The lowest BCUT2D eigenvalue weighted by Crippen LogP contribution is -2.45. The van der Waals surface area contributed by atoms with Crippen molar-refractivity contribution in [3.63, 3.8) is 0 Å². The van der Waals surface area contributed by atoms with Gasteiger partial charge in [0.15, 0.2) is 0 Å². The van der Waals surface area contributed by atoms with Crippen LogP contribution in [0.25, 0.3) is 0 Å². The molecule has 0 amide bonds. The third kappa shape index (κ3) is 6.64. The van der Waals surface area contributed by atoms with Crippen LogP contribution in [-0.2, 0) is 19.1 Å². The van der Waals surface area contributed by atoms with Crippen molar-refractivity contribution in [3.8, 4) is 0 Å². The van der Waals surface area contributed by atoms with Gasteiger partial charge in [-0.15, -0.1) is 11.8 Å². The van der Waals surface area contributed by atoms with Crippen molar-refractivity contribution in [1.82, 2.24) is 0 Å². The SMILES string of the molecule is CC(=CC1CSC(C)=N1)[C@@H]1CC2OC2(C)CC=C[C@H](C)[C@H](O)[C@@H](C)C(=O)C(C)(C)[C@@H](O)CC(=O)O1. The van der Waals surface area contributed by atoms with Crippen LogP contribution >= 0.6 is 11.8 Å². The van der Waals surface area contributed by atoms with E-state index in [0.29, 0.717) is 12.8 Å². The Hall–Kier alpha value is -1.48. The lowest BCUT2D eigenvalue weighted by atomic mass is 9.73. The average molecular weight is 508 g/mol. The van der Waals surface area contributed by atoms with Gasteiger partial charge in [0.05, 0.1) is 46.8 Å². The van der Waals surface area contributed by atoms with Crippen LogP contribution in [0, 0.1) is 17.3 Å². The maximum atomic E-state index is 13.2. The van der Waals surface area contributed by atoms with E-state index in [2.05, 4.69) is 4.99 Å². The van der Waals surface area contributed by atoms with Crippen LogP contribution in [0.1, 0.15) is 67.7 Å². The molecule has 0 saturated carbocycles. The van der Waals surface area contributed by atoms with Gasteiger partial charge in [-0.05, 0) is 32.8 Å². The van der Waals surface area contributed by atoms with Crippen molar-refractivity contribution in [3.05, 3.63) is 23.8 Å². The number of cyclic esters (lactones) is 1. The molecule has 0 aromatic heterocycles. The maximum Gasteiger partial charge on any atom is 0.309 e. The molecule has 3 aliphatic heterocycles. The Morgan fingerprint density at radius 2 is 1.91 bits per heavy atom. The number of carbonyl (C=O) groups is 2. The number of rotatable bonds is 2. The summed E-state index contributed by atoms with van der Waals surface area (Å²) in [6.07, 6.45) is 4.12. The normalized spacial score (nSPS) is 41.2. The molecule has 0 aromatic rings. The monoisotopic (exact) mass is 507 g/mol. The number of ether oxygens (including phenoxy) is 2. The number of hydrogen-bond acceptors (Lipinski definition) is 8. The summed E-state index contributed by atoms with van der Waals surface area (Å²) >= 11 is 1.71. The topological polar surface area (TPSA) is 109 Å². The van der Waals surface area contributed by atoms with E-state index >= 15 is 0 Å². The van der Waals surface area contributed by atoms with Crippen LogP contribution in [0.3, 0.4) is 0 Å². The quantitative estimate of drug-likeness (QED) is 0.332. The molecule has 8 heteroatoms. The van der Waals surface area contributed by atoms with Crippen molar-refractivity contribution in [2.75, 3.05) is 5.75 Å². The highest BCUT2D eigenvalue weighted by molar-refractivity contribution is 8.14. The summed E-state index contributed by atoms with van der Waals surface area (Å²) in [6, 6.07) is 0.0463. The van der Waals surface area contributed by atoms with Gasteiger partial charge in [-0.25, -0.2) is 0 Å². The first kappa shape index (κ1) is 28.1. The summed E-state index contributed by atoms with van der Waals surface area (Å²) in [5.74, 6) is -0.923. The maximum absolute atomic E-state index is 13.2. The Balaban J connectivity index is 1.87. The van der Waals surface area contributed by atoms with Crippen molar-refractivity contribution >= 4 is 28.6 Å². The highest BCUT2D eigenvalue weighted by Gasteiger charge is 2.52. The van der Waals surface area contributed by atoms with Gasteiger partial charge in [0.25, 0.3) is 0 Å². The minimum atomic E-state index is -1.23. The number of nitrogens with zero attached hydrogens (tertiary/aromatic N) is 1. The smallest absolute Gasteiger partial charge is 0.309 e. The van der Waals surface area contributed by atoms with Gasteiger partial charge in [0, 0.05) is 24.0 Å². The lowest BCUT2D eigenvalue weighted by molar-refractivity contribution is -0.154. The number of esters is 1. The molecule has 1 fully saturated rings. The van der Waals surface area contributed by atoms with Crippen molar-refractivity contribution in [2.45, 2.75) is 104 Å². The zero-order valence-corrected chi connectivity index (χ0v) is 22.8. The molecule has 8 atom stereocenters. The predicted molar refractivity (Wildman–Crippen MR) is 138 cm³/mol. The van der Waals surface area contributed by atoms with Crippen molar-refractivity contribution in [2.24, 2.45) is 22.2 Å². The molecular formula is C27H41NO6S. The molecule has 0 aromatic carbocycles. The fraction of sp³-hybridized carbons (Fsp3) is 0.741. The second-order valence-electron chi connectivity index (χ2n) is 11.1. The van der Waals surface area contributed by atoms with E-state index in [1.165, 1.54) is 0 Å². The summed E-state index contributed by atoms with van der Waals surface area (Å²) < 4.78 is 11.9. The van der Waals surface area contributed by atoms with Crippen LogP contribution < -0.4 is 0 Å². The Labute approximate surface area is 213 Å². The number of hydrogen-bond donors (Lipinski definition) is 2. The fourth-order valence-corrected chi connectivity index (χ4v) is 5.70. The van der Waals surface area contributed by atoms with Gasteiger partial charge in [0.2, 0.25) is 0 Å². The number of aliphatic hydroxyl groups is 2. The lowest BCUT2D eigenvalue weighted by Gasteiger charge is -2.34. The van der Waals surface area contributed by atoms with Crippen molar-refractivity contribution in [1.29, 1.82) is 0 Å². The van der Waals surface area contributed by atoms with Gasteiger partial charge < -0.3 is 19.7 Å². The van der Waals surface area contributed by atoms with Crippen LogP contribution in [-0.4, -0.2) is 68.8 Å². The zero-order valence-electron chi connectivity index (χ0n) is 22.0. The van der Waals surface area contributed by atoms with Crippen LogP contribution in [0.15, 0.2) is 28.8 Å². The highest BCUT2D eigenvalue weighted by Crippen LogP contribution is 2.44. The number of Topliss-reactive ketones (excluding diaryl/α,β-unsaturated/α-hetero) is 1. The minimum Gasteiger partial charge on any atom is -0.458 e. The highest BCUT2D eigenvalue weighted by atomic mass is 32.2. The largest absolute Gasteiger partial charge is 0.458 e. The number of aliphatic hydroxyl groups excluding tert-OH is 2. The van der Waals surface area contributed by atoms with E-state index in [9.17, 15) is 19.8 Å². The Bertz CT molecular complexity index is 911. The van der Waals surface area contributed by atoms with Crippen LogP contribution in [0.2, 0.25) is 0 Å². The second-order valence-corrected chi connectivity index (χ2v) is 12.4. The Kier molecular flexibility index (Phi) is 8.73. The van der Waals surface area contributed by atoms with Gasteiger partial charge in [-0.3, -0.25) is 14.6 Å². The molecule has 3 heterocycles. The number of aliphatic imine (C=N–C) groups is 1. The van der Waals surface area contributed by atoms with E-state index in [4.69, 9.17) is 9.47 Å². The first-order chi connectivity index (χ1) is 16.2. The predicted octanol–water partition coefficient (Wildman–Crippen LogP) is 3.87. The first-order valence-corrected chi connectivity index (χ1v) is 13.5. The average Bonchev–Trinajstić information content (AvgIpc) is 3.22. The Morgan fingerprint density at radius 3 is 2.54 bits per heavy atom. The van der Waals surface area contributed by atoms with E-state index in [-0.39, 0.29) is 35.9 Å². The molecule has 0 aliphatic carbocycles. The number of fused-ring (bicyclic) bond motifs is 1. The molecule has 3 aliphatic rings. The number of epoxide rings is 1. The third-order valence-electron chi connectivity index (χ3n) is 7.77. The second kappa shape index (κ2) is 10.9. The van der Waals surface area contributed by atoms with E-state index in [1.54, 1.807) is 32.5 Å². The number of thioether (sulfide) groups is 1. The van der Waals surface area contributed by atoms with Gasteiger partial charge in [0.1, 0.15) is 11.9 Å². The molecule has 35 heavy (non-hydrogen) atoms. The zero-order chi connectivity index (χ0) is 26.1.